The SMILES string of the molecule is Cc1nc2sccn2c(=O)c1S(=O)(=O)NC1CCN(Cc2ccccc2)CC1. The number of rotatable bonds is 5. The van der Waals surface area contributed by atoms with Crippen LogP contribution in [0.3, 0.4) is 0 Å². The van der Waals surface area contributed by atoms with Crippen molar-refractivity contribution in [1.29, 1.82) is 0 Å². The zero-order valence-corrected chi connectivity index (χ0v) is 17.2. The average Bonchev–Trinajstić information content (AvgIpc) is 3.12. The lowest BCUT2D eigenvalue weighted by molar-refractivity contribution is 0.200. The Bertz CT molecular complexity index is 1130. The molecule has 4 rings (SSSR count). The molecule has 0 amide bonds. The fourth-order valence-electron chi connectivity index (χ4n) is 3.60. The summed E-state index contributed by atoms with van der Waals surface area (Å²) in [6.07, 6.45) is 2.97. The highest BCUT2D eigenvalue weighted by Crippen LogP contribution is 2.18. The second-order valence-electron chi connectivity index (χ2n) is 7.04. The molecule has 9 heteroatoms. The summed E-state index contributed by atoms with van der Waals surface area (Å²) in [5.74, 6) is 0. The van der Waals surface area contributed by atoms with Gasteiger partial charge in [0.15, 0.2) is 9.86 Å². The summed E-state index contributed by atoms with van der Waals surface area (Å²) in [5, 5.41) is 1.72. The third-order valence-electron chi connectivity index (χ3n) is 5.02. The Hall–Kier alpha value is -2.07. The van der Waals surface area contributed by atoms with Crippen LogP contribution in [0.1, 0.15) is 24.1 Å². The molecule has 1 aliphatic heterocycles. The van der Waals surface area contributed by atoms with Crippen molar-refractivity contribution in [3.63, 3.8) is 0 Å². The van der Waals surface area contributed by atoms with E-state index in [0.717, 1.165) is 19.6 Å². The largest absolute Gasteiger partial charge is 0.299 e. The van der Waals surface area contributed by atoms with Gasteiger partial charge in [-0.25, -0.2) is 18.1 Å². The number of aryl methyl sites for hydroxylation is 1. The van der Waals surface area contributed by atoms with Crippen LogP contribution in [-0.2, 0) is 16.6 Å². The number of nitrogens with zero attached hydrogens (tertiary/aromatic N) is 3. The van der Waals surface area contributed by atoms with Crippen LogP contribution in [0.25, 0.3) is 4.96 Å². The van der Waals surface area contributed by atoms with Gasteiger partial charge in [-0.3, -0.25) is 14.1 Å². The number of nitrogens with one attached hydrogen (secondary N) is 1. The van der Waals surface area contributed by atoms with Crippen LogP contribution in [0.5, 0.6) is 0 Å². The molecule has 3 heterocycles. The van der Waals surface area contributed by atoms with Crippen LogP contribution in [0.4, 0.5) is 0 Å². The zero-order valence-electron chi connectivity index (χ0n) is 15.5. The Morgan fingerprint density at radius 2 is 1.93 bits per heavy atom. The Labute approximate surface area is 167 Å². The van der Waals surface area contributed by atoms with E-state index in [9.17, 15) is 13.2 Å². The molecule has 148 valence electrons. The highest BCUT2D eigenvalue weighted by atomic mass is 32.2. The number of fused-ring (bicyclic) bond motifs is 1. The van der Waals surface area contributed by atoms with Crippen molar-refractivity contribution in [2.24, 2.45) is 0 Å². The normalized spacial score (nSPS) is 16.6. The van der Waals surface area contributed by atoms with Crippen molar-refractivity contribution >= 4 is 26.3 Å². The number of benzene rings is 1. The number of piperidine rings is 1. The molecule has 0 unspecified atom stereocenters. The van der Waals surface area contributed by atoms with Crippen LogP contribution < -0.4 is 10.3 Å². The molecule has 0 bridgehead atoms. The first-order valence-corrected chi connectivity index (χ1v) is 11.6. The molecule has 0 atom stereocenters. The van der Waals surface area contributed by atoms with Gasteiger partial charge in [-0.2, -0.15) is 0 Å². The minimum Gasteiger partial charge on any atom is -0.299 e. The van der Waals surface area contributed by atoms with Crippen molar-refractivity contribution in [3.05, 3.63) is 63.5 Å². The highest BCUT2D eigenvalue weighted by Gasteiger charge is 2.29. The van der Waals surface area contributed by atoms with Gasteiger partial charge in [-0.15, -0.1) is 11.3 Å². The van der Waals surface area contributed by atoms with Crippen molar-refractivity contribution in [2.45, 2.75) is 37.2 Å². The minimum absolute atomic E-state index is 0.181. The highest BCUT2D eigenvalue weighted by molar-refractivity contribution is 7.89. The van der Waals surface area contributed by atoms with E-state index in [1.165, 1.54) is 21.3 Å². The summed E-state index contributed by atoms with van der Waals surface area (Å²) in [6.45, 7) is 4.04. The van der Waals surface area contributed by atoms with Gasteiger partial charge in [0, 0.05) is 37.3 Å². The fraction of sp³-hybridized carbons (Fsp3) is 0.368. The van der Waals surface area contributed by atoms with E-state index < -0.39 is 15.6 Å². The van der Waals surface area contributed by atoms with Gasteiger partial charge in [-0.05, 0) is 25.3 Å². The summed E-state index contributed by atoms with van der Waals surface area (Å²) in [5.41, 5.74) is 0.944. The van der Waals surface area contributed by atoms with Crippen LogP contribution in [-0.4, -0.2) is 41.8 Å². The van der Waals surface area contributed by atoms with Crippen LogP contribution in [0.15, 0.2) is 51.6 Å². The second-order valence-corrected chi connectivity index (χ2v) is 9.57. The summed E-state index contributed by atoms with van der Waals surface area (Å²) in [6, 6.07) is 10.1. The first-order chi connectivity index (χ1) is 13.4. The molecule has 0 aliphatic carbocycles. The maximum Gasteiger partial charge on any atom is 0.279 e. The summed E-state index contributed by atoms with van der Waals surface area (Å²) >= 11 is 1.30. The number of thiazole rings is 1. The van der Waals surface area contributed by atoms with Gasteiger partial charge in [0.05, 0.1) is 5.69 Å². The van der Waals surface area contributed by atoms with Crippen LogP contribution in [0, 0.1) is 6.92 Å². The van der Waals surface area contributed by atoms with Crippen molar-refractivity contribution in [3.8, 4) is 0 Å². The fourth-order valence-corrected chi connectivity index (χ4v) is 5.91. The standard InChI is InChI=1S/C19H22N4O3S2/c1-14-17(18(24)23-11-12-27-19(23)20-14)28(25,26)21-16-7-9-22(10-8-16)13-15-5-3-2-4-6-15/h2-6,11-12,16,21H,7-10,13H2,1H3. The molecular weight excluding hydrogens is 396 g/mol. The van der Waals surface area contributed by atoms with E-state index in [-0.39, 0.29) is 16.6 Å². The Kier molecular flexibility index (Phi) is 5.33. The monoisotopic (exact) mass is 418 g/mol. The van der Waals surface area contributed by atoms with Gasteiger partial charge < -0.3 is 0 Å². The predicted molar refractivity (Wildman–Crippen MR) is 109 cm³/mol. The van der Waals surface area contributed by atoms with E-state index in [4.69, 9.17) is 0 Å². The number of aromatic nitrogens is 2. The van der Waals surface area contributed by atoms with Crippen molar-refractivity contribution in [2.75, 3.05) is 13.1 Å². The van der Waals surface area contributed by atoms with Gasteiger partial charge in [0.1, 0.15) is 0 Å². The third kappa shape index (κ3) is 3.88. The van der Waals surface area contributed by atoms with Gasteiger partial charge in [0.25, 0.3) is 5.56 Å². The van der Waals surface area contributed by atoms with E-state index >= 15 is 0 Å². The summed E-state index contributed by atoms with van der Waals surface area (Å²) in [7, 11) is -3.93. The number of hydrogen-bond donors (Lipinski definition) is 1. The molecule has 7 nitrogen and oxygen atoms in total. The van der Waals surface area contributed by atoms with E-state index in [1.54, 1.807) is 18.5 Å². The van der Waals surface area contributed by atoms with Gasteiger partial charge in [0.2, 0.25) is 10.0 Å². The molecule has 0 radical (unpaired) electrons. The predicted octanol–water partition coefficient (Wildman–Crippen LogP) is 2.01. The van der Waals surface area contributed by atoms with Crippen molar-refractivity contribution < 1.29 is 8.42 Å². The first kappa shape index (κ1) is 19.3. The summed E-state index contributed by atoms with van der Waals surface area (Å²) in [4.78, 5) is 19.5. The lowest BCUT2D eigenvalue weighted by Crippen LogP contribution is -2.45. The molecule has 3 aromatic rings. The van der Waals surface area contributed by atoms with E-state index in [1.807, 2.05) is 18.2 Å². The Morgan fingerprint density at radius 3 is 2.64 bits per heavy atom. The molecule has 1 aromatic carbocycles. The minimum atomic E-state index is -3.93. The molecular formula is C19H22N4O3S2. The average molecular weight is 419 g/mol. The zero-order chi connectivity index (χ0) is 19.7. The van der Waals surface area contributed by atoms with Crippen LogP contribution >= 0.6 is 11.3 Å². The lowest BCUT2D eigenvalue weighted by atomic mass is 10.1. The molecule has 0 spiro atoms. The Balaban J connectivity index is 1.46. The molecule has 28 heavy (non-hydrogen) atoms. The Morgan fingerprint density at radius 1 is 1.21 bits per heavy atom. The summed E-state index contributed by atoms with van der Waals surface area (Å²) < 4.78 is 29.8. The molecule has 1 saturated heterocycles. The third-order valence-corrected chi connectivity index (χ3v) is 7.43. The molecule has 1 aliphatic rings. The molecule has 2 aromatic heterocycles. The number of likely N-dealkylation sites (tertiary alicyclic amines) is 1. The van der Waals surface area contributed by atoms with Crippen LogP contribution in [0.2, 0.25) is 0 Å². The number of sulfonamides is 1. The smallest absolute Gasteiger partial charge is 0.279 e. The lowest BCUT2D eigenvalue weighted by Gasteiger charge is -2.32. The van der Waals surface area contributed by atoms with E-state index in [2.05, 4.69) is 26.7 Å². The molecule has 1 N–H and O–H groups in total. The number of hydrogen-bond acceptors (Lipinski definition) is 6. The molecule has 0 saturated carbocycles. The van der Waals surface area contributed by atoms with Gasteiger partial charge >= 0.3 is 0 Å². The van der Waals surface area contributed by atoms with E-state index in [0.29, 0.717) is 17.8 Å². The maximum absolute atomic E-state index is 12.9. The quantitative estimate of drug-likeness (QED) is 0.685. The first-order valence-electron chi connectivity index (χ1n) is 9.19. The second kappa shape index (κ2) is 7.75. The molecule has 1 fully saturated rings. The van der Waals surface area contributed by atoms with Gasteiger partial charge in [-0.1, -0.05) is 30.3 Å². The van der Waals surface area contributed by atoms with Crippen molar-refractivity contribution in [1.82, 2.24) is 19.0 Å². The topological polar surface area (TPSA) is 83.8 Å². The maximum atomic E-state index is 12.9.